The number of anilines is 1. The Balaban J connectivity index is 1.72. The molecule has 2 aliphatic rings. The zero-order valence-corrected chi connectivity index (χ0v) is 13.8. The second-order valence-corrected chi connectivity index (χ2v) is 7.78. The largest absolute Gasteiger partial charge is 0.481 e. The quantitative estimate of drug-likeness (QED) is 0.864. The molecular weight excluding hydrogens is 312 g/mol. The zero-order valence-electron chi connectivity index (χ0n) is 13.0. The minimum Gasteiger partial charge on any atom is -0.481 e. The highest BCUT2D eigenvalue weighted by Gasteiger charge is 2.41. The molecule has 3 rings (SSSR count). The van der Waals surface area contributed by atoms with Crippen LogP contribution in [0.3, 0.4) is 0 Å². The highest BCUT2D eigenvalue weighted by Crippen LogP contribution is 2.47. The van der Waals surface area contributed by atoms with E-state index < -0.39 is 5.97 Å². The second kappa shape index (κ2) is 6.32. The molecule has 1 aromatic heterocycles. The molecule has 0 bridgehead atoms. The normalized spacial score (nSPS) is 18.4. The maximum atomic E-state index is 12.4. The fraction of sp³-hybridized carbons (Fsp3) is 0.588. The molecule has 5 nitrogen and oxygen atoms in total. The fourth-order valence-electron chi connectivity index (χ4n) is 3.70. The third-order valence-corrected chi connectivity index (χ3v) is 6.22. The maximum absolute atomic E-state index is 12.4. The number of thiophene rings is 1. The number of hydrogen-bond donors (Lipinski definition) is 2. The van der Waals surface area contributed by atoms with Crippen LogP contribution in [0, 0.1) is 16.7 Å². The van der Waals surface area contributed by atoms with Crippen LogP contribution >= 0.6 is 11.3 Å². The summed E-state index contributed by atoms with van der Waals surface area (Å²) in [5.41, 5.74) is 1.32. The first-order valence-electron chi connectivity index (χ1n) is 8.09. The molecule has 1 fully saturated rings. The topological polar surface area (TPSA) is 90.2 Å². The Morgan fingerprint density at radius 2 is 1.96 bits per heavy atom. The van der Waals surface area contributed by atoms with Gasteiger partial charge in [-0.1, -0.05) is 6.42 Å². The Kier molecular flexibility index (Phi) is 4.40. The summed E-state index contributed by atoms with van der Waals surface area (Å²) >= 11 is 1.51. The number of amides is 1. The number of nitriles is 1. The number of rotatable bonds is 5. The second-order valence-electron chi connectivity index (χ2n) is 6.68. The number of carboxylic acid groups (broad SMARTS) is 1. The van der Waals surface area contributed by atoms with E-state index in [1.807, 2.05) is 0 Å². The van der Waals surface area contributed by atoms with Crippen molar-refractivity contribution in [2.45, 2.75) is 57.8 Å². The van der Waals surface area contributed by atoms with Gasteiger partial charge in [0.2, 0.25) is 5.91 Å². The molecule has 1 heterocycles. The Bertz CT molecular complexity index is 683. The smallest absolute Gasteiger partial charge is 0.303 e. The molecule has 2 N–H and O–H groups in total. The van der Waals surface area contributed by atoms with Crippen LogP contribution in [0.2, 0.25) is 0 Å². The molecule has 0 atom stereocenters. The lowest BCUT2D eigenvalue weighted by Gasteiger charge is -2.40. The number of hydrogen-bond acceptors (Lipinski definition) is 4. The first kappa shape index (κ1) is 16.0. The van der Waals surface area contributed by atoms with Crippen LogP contribution < -0.4 is 5.32 Å². The average Bonchev–Trinajstić information content (AvgIpc) is 2.81. The van der Waals surface area contributed by atoms with Crippen molar-refractivity contribution in [2.24, 2.45) is 5.41 Å². The van der Waals surface area contributed by atoms with E-state index in [9.17, 15) is 14.9 Å². The number of carbonyl (C=O) groups is 2. The molecule has 1 aromatic rings. The summed E-state index contributed by atoms with van der Waals surface area (Å²) in [6.07, 6.45) is 6.95. The highest BCUT2D eigenvalue weighted by molar-refractivity contribution is 7.16. The summed E-state index contributed by atoms with van der Waals surface area (Å²) in [5.74, 6) is -1.01. The van der Waals surface area contributed by atoms with Gasteiger partial charge < -0.3 is 10.4 Å². The van der Waals surface area contributed by atoms with Crippen LogP contribution in [0.4, 0.5) is 5.00 Å². The molecule has 2 aliphatic carbocycles. The van der Waals surface area contributed by atoms with Crippen LogP contribution in [0.15, 0.2) is 0 Å². The molecule has 1 amide bonds. The van der Waals surface area contributed by atoms with Gasteiger partial charge in [0.05, 0.1) is 12.0 Å². The lowest BCUT2D eigenvalue weighted by molar-refractivity contribution is -0.142. The molecular formula is C17H20N2O3S. The number of carboxylic acids is 1. The van der Waals surface area contributed by atoms with E-state index >= 15 is 0 Å². The molecule has 0 saturated heterocycles. The van der Waals surface area contributed by atoms with E-state index in [1.165, 1.54) is 16.2 Å². The van der Waals surface area contributed by atoms with E-state index in [4.69, 9.17) is 5.11 Å². The van der Waals surface area contributed by atoms with Gasteiger partial charge >= 0.3 is 5.97 Å². The van der Waals surface area contributed by atoms with Crippen molar-refractivity contribution in [3.63, 3.8) is 0 Å². The molecule has 23 heavy (non-hydrogen) atoms. The molecule has 6 heteroatoms. The zero-order chi connectivity index (χ0) is 16.4. The summed E-state index contributed by atoms with van der Waals surface area (Å²) in [4.78, 5) is 24.6. The third-order valence-electron chi connectivity index (χ3n) is 5.01. The molecule has 1 saturated carbocycles. The van der Waals surface area contributed by atoms with Crippen LogP contribution in [0.1, 0.15) is 60.9 Å². The summed E-state index contributed by atoms with van der Waals surface area (Å²) in [7, 11) is 0. The van der Waals surface area contributed by atoms with Gasteiger partial charge in [0.15, 0.2) is 0 Å². The van der Waals surface area contributed by atoms with Crippen molar-refractivity contribution >= 4 is 28.2 Å². The van der Waals surface area contributed by atoms with Gasteiger partial charge in [-0.2, -0.15) is 5.26 Å². The standard InChI is InChI=1S/C17H20N2O3S/c18-10-12-11-4-1-2-5-13(11)23-16(12)19-14(20)8-17(6-3-7-17)9-15(21)22/h1-9H2,(H,19,20)(H,21,22). The average molecular weight is 332 g/mol. The van der Waals surface area contributed by atoms with Crippen LogP contribution in [-0.2, 0) is 22.4 Å². The Labute approximate surface area is 139 Å². The Morgan fingerprint density at radius 1 is 1.22 bits per heavy atom. The number of fused-ring (bicyclic) bond motifs is 1. The maximum Gasteiger partial charge on any atom is 0.303 e. The van der Waals surface area contributed by atoms with Crippen LogP contribution in [0.5, 0.6) is 0 Å². The highest BCUT2D eigenvalue weighted by atomic mass is 32.1. The number of nitrogens with zero attached hydrogens (tertiary/aromatic N) is 1. The number of aryl methyl sites for hydroxylation is 1. The number of aliphatic carboxylic acids is 1. The lowest BCUT2D eigenvalue weighted by Crippen LogP contribution is -2.36. The van der Waals surface area contributed by atoms with Crippen LogP contribution in [0.25, 0.3) is 0 Å². The van der Waals surface area contributed by atoms with E-state index in [0.717, 1.165) is 50.5 Å². The minimum atomic E-state index is -0.846. The van der Waals surface area contributed by atoms with Gasteiger partial charge in [0.1, 0.15) is 11.1 Å². The summed E-state index contributed by atoms with van der Waals surface area (Å²) in [5, 5.41) is 22.0. The fourth-order valence-corrected chi connectivity index (χ4v) is 4.95. The van der Waals surface area contributed by atoms with Crippen LogP contribution in [-0.4, -0.2) is 17.0 Å². The summed E-state index contributed by atoms with van der Waals surface area (Å²) in [6, 6.07) is 2.23. The SMILES string of the molecule is N#Cc1c(NC(=O)CC2(CC(=O)O)CCC2)sc2c1CCCC2. The molecule has 0 unspecified atom stereocenters. The summed E-state index contributed by atoms with van der Waals surface area (Å²) in [6.45, 7) is 0. The Hall–Kier alpha value is -1.87. The monoisotopic (exact) mass is 332 g/mol. The van der Waals surface area contributed by atoms with Crippen molar-refractivity contribution in [3.8, 4) is 6.07 Å². The van der Waals surface area contributed by atoms with Crippen molar-refractivity contribution in [2.75, 3.05) is 5.32 Å². The molecule has 0 radical (unpaired) electrons. The Morgan fingerprint density at radius 3 is 2.57 bits per heavy atom. The van der Waals surface area contributed by atoms with E-state index in [0.29, 0.717) is 10.6 Å². The van der Waals surface area contributed by atoms with Crippen molar-refractivity contribution in [3.05, 3.63) is 16.0 Å². The third kappa shape index (κ3) is 3.25. The molecule has 122 valence electrons. The van der Waals surface area contributed by atoms with Crippen molar-refractivity contribution < 1.29 is 14.7 Å². The van der Waals surface area contributed by atoms with Gasteiger partial charge in [-0.15, -0.1) is 11.3 Å². The summed E-state index contributed by atoms with van der Waals surface area (Å²) < 4.78 is 0. The first-order chi connectivity index (χ1) is 11.0. The predicted octanol–water partition coefficient (Wildman–Crippen LogP) is 3.47. The number of nitrogens with one attached hydrogen (secondary N) is 1. The van der Waals surface area contributed by atoms with Gasteiger partial charge in [-0.05, 0) is 49.5 Å². The van der Waals surface area contributed by atoms with Crippen molar-refractivity contribution in [1.82, 2.24) is 0 Å². The van der Waals surface area contributed by atoms with Gasteiger partial charge in [0.25, 0.3) is 0 Å². The van der Waals surface area contributed by atoms with Gasteiger partial charge in [0, 0.05) is 11.3 Å². The van der Waals surface area contributed by atoms with Gasteiger partial charge in [-0.3, -0.25) is 9.59 Å². The van der Waals surface area contributed by atoms with Gasteiger partial charge in [-0.25, -0.2) is 0 Å². The van der Waals surface area contributed by atoms with Crippen molar-refractivity contribution in [1.29, 1.82) is 5.26 Å². The minimum absolute atomic E-state index is 0.0481. The first-order valence-corrected chi connectivity index (χ1v) is 8.91. The van der Waals surface area contributed by atoms with E-state index in [2.05, 4.69) is 11.4 Å². The predicted molar refractivity (Wildman–Crippen MR) is 87.5 cm³/mol. The van der Waals surface area contributed by atoms with E-state index in [1.54, 1.807) is 0 Å². The molecule has 0 aliphatic heterocycles. The lowest BCUT2D eigenvalue weighted by atomic mass is 9.64. The van der Waals surface area contributed by atoms with E-state index in [-0.39, 0.29) is 24.2 Å². The molecule has 0 spiro atoms. The number of carbonyl (C=O) groups excluding carboxylic acids is 1. The molecule has 0 aromatic carbocycles.